The third-order valence-electron chi connectivity index (χ3n) is 5.42. The van der Waals surface area contributed by atoms with E-state index in [-0.39, 0.29) is 11.9 Å². The fourth-order valence-electron chi connectivity index (χ4n) is 4.09. The first kappa shape index (κ1) is 16.5. The third-order valence-corrected chi connectivity index (χ3v) is 6.19. The summed E-state index contributed by atoms with van der Waals surface area (Å²) < 4.78 is 4.26. The Hall–Kier alpha value is -2.67. The maximum Gasteiger partial charge on any atom is 0.226 e. The topological polar surface area (TPSA) is 64.2 Å². The van der Waals surface area contributed by atoms with Crippen LogP contribution in [-0.4, -0.2) is 30.9 Å². The summed E-state index contributed by atoms with van der Waals surface area (Å²) in [5, 5.41) is 5.19. The van der Waals surface area contributed by atoms with Crippen molar-refractivity contribution in [1.29, 1.82) is 0 Å². The molecular formula is C20H21N5OS. The highest BCUT2D eigenvalue weighted by Crippen LogP contribution is 2.32. The average Bonchev–Trinajstić information content (AvgIpc) is 3.37. The number of amides is 1. The van der Waals surface area contributed by atoms with E-state index >= 15 is 0 Å². The SMILES string of the molecule is O=C(Cc1cn2ccsc2n1)NC1CCC(n2cccc3ccnc2-3)CC1. The maximum atomic E-state index is 12.4. The van der Waals surface area contributed by atoms with Crippen LogP contribution >= 0.6 is 11.3 Å². The van der Waals surface area contributed by atoms with Crippen molar-refractivity contribution in [3.8, 4) is 11.4 Å². The van der Waals surface area contributed by atoms with Gasteiger partial charge in [-0.15, -0.1) is 11.3 Å². The maximum absolute atomic E-state index is 12.4. The number of pyridine rings is 1. The van der Waals surface area contributed by atoms with Crippen LogP contribution in [0.5, 0.6) is 0 Å². The molecule has 7 heteroatoms. The van der Waals surface area contributed by atoms with Gasteiger partial charge in [-0.2, -0.15) is 0 Å². The zero-order valence-electron chi connectivity index (χ0n) is 14.9. The fraction of sp³-hybridized carbons (Fsp3) is 0.350. The number of hydrogen-bond acceptors (Lipinski definition) is 4. The van der Waals surface area contributed by atoms with Crippen LogP contribution in [0.2, 0.25) is 0 Å². The first-order valence-corrected chi connectivity index (χ1v) is 10.3. The lowest BCUT2D eigenvalue weighted by atomic mass is 9.90. The van der Waals surface area contributed by atoms with Crippen molar-refractivity contribution in [2.75, 3.05) is 0 Å². The van der Waals surface area contributed by atoms with Crippen molar-refractivity contribution in [3.05, 3.63) is 54.1 Å². The molecule has 0 unspecified atom stereocenters. The van der Waals surface area contributed by atoms with Crippen LogP contribution in [0.4, 0.5) is 0 Å². The highest BCUT2D eigenvalue weighted by atomic mass is 32.1. The lowest BCUT2D eigenvalue weighted by molar-refractivity contribution is -0.121. The van der Waals surface area contributed by atoms with Crippen molar-refractivity contribution in [2.45, 2.75) is 44.2 Å². The predicted octanol–water partition coefficient (Wildman–Crippen LogP) is 3.54. The van der Waals surface area contributed by atoms with Crippen LogP contribution in [0.25, 0.3) is 16.3 Å². The van der Waals surface area contributed by atoms with Crippen molar-refractivity contribution < 1.29 is 4.79 Å². The number of carbonyl (C=O) groups excluding carboxylic acids is 1. The molecule has 1 saturated carbocycles. The van der Waals surface area contributed by atoms with E-state index in [1.807, 2.05) is 28.4 Å². The Morgan fingerprint density at radius 1 is 1.22 bits per heavy atom. The summed E-state index contributed by atoms with van der Waals surface area (Å²) in [5.41, 5.74) is 2.02. The molecule has 4 heterocycles. The van der Waals surface area contributed by atoms with E-state index in [2.05, 4.69) is 44.2 Å². The highest BCUT2D eigenvalue weighted by molar-refractivity contribution is 7.15. The van der Waals surface area contributed by atoms with E-state index in [4.69, 9.17) is 0 Å². The summed E-state index contributed by atoms with van der Waals surface area (Å²) in [5.74, 6) is 1.13. The van der Waals surface area contributed by atoms with Gasteiger partial charge in [0.2, 0.25) is 5.91 Å². The van der Waals surface area contributed by atoms with E-state index in [0.717, 1.165) is 42.2 Å². The van der Waals surface area contributed by atoms with Gasteiger partial charge in [-0.1, -0.05) is 0 Å². The van der Waals surface area contributed by atoms with Gasteiger partial charge >= 0.3 is 0 Å². The smallest absolute Gasteiger partial charge is 0.226 e. The van der Waals surface area contributed by atoms with Gasteiger partial charge < -0.3 is 9.88 Å². The van der Waals surface area contributed by atoms with Crippen LogP contribution < -0.4 is 5.32 Å². The van der Waals surface area contributed by atoms with Gasteiger partial charge in [0, 0.05) is 47.8 Å². The third kappa shape index (κ3) is 3.23. The molecule has 27 heavy (non-hydrogen) atoms. The Morgan fingerprint density at radius 2 is 2.11 bits per heavy atom. The molecule has 0 atom stereocenters. The second kappa shape index (κ2) is 6.81. The van der Waals surface area contributed by atoms with E-state index in [9.17, 15) is 4.79 Å². The zero-order chi connectivity index (χ0) is 18.2. The molecular weight excluding hydrogens is 358 g/mol. The van der Waals surface area contributed by atoms with Crippen LogP contribution in [0.1, 0.15) is 37.4 Å². The standard InChI is InChI=1S/C20H21N5OS/c26-18(12-16-13-24-10-11-27-20(24)23-16)22-15-3-5-17(6-4-15)25-9-1-2-14-7-8-21-19(14)25/h1-2,7-11,13,15,17H,3-6,12H2,(H,22,26). The van der Waals surface area contributed by atoms with Crippen molar-refractivity contribution in [1.82, 2.24) is 24.3 Å². The average molecular weight is 379 g/mol. The lowest BCUT2D eigenvalue weighted by Crippen LogP contribution is -2.38. The summed E-state index contributed by atoms with van der Waals surface area (Å²) in [7, 11) is 0. The molecule has 2 aromatic rings. The molecule has 1 aliphatic carbocycles. The number of aromatic nitrogens is 4. The molecule has 2 aliphatic heterocycles. The molecule has 0 radical (unpaired) electrons. The van der Waals surface area contributed by atoms with E-state index in [1.54, 1.807) is 11.3 Å². The minimum Gasteiger partial charge on any atom is -0.353 e. The molecule has 6 nitrogen and oxygen atoms in total. The van der Waals surface area contributed by atoms with Gasteiger partial charge in [-0.3, -0.25) is 9.20 Å². The van der Waals surface area contributed by atoms with Crippen LogP contribution in [0.15, 0.2) is 48.4 Å². The molecule has 0 aromatic carbocycles. The molecule has 2 aromatic heterocycles. The summed E-state index contributed by atoms with van der Waals surface area (Å²) in [6.45, 7) is 0. The van der Waals surface area contributed by atoms with E-state index in [1.165, 1.54) is 5.56 Å². The number of nitrogens with one attached hydrogen (secondary N) is 1. The quantitative estimate of drug-likeness (QED) is 0.590. The van der Waals surface area contributed by atoms with Crippen LogP contribution in [0, 0.1) is 0 Å². The largest absolute Gasteiger partial charge is 0.353 e. The molecule has 1 amide bonds. The number of carbonyl (C=O) groups is 1. The number of imidazole rings is 1. The van der Waals surface area contributed by atoms with Gasteiger partial charge in [-0.25, -0.2) is 9.97 Å². The Kier molecular flexibility index (Phi) is 4.16. The number of fused-ring (bicyclic) bond motifs is 2. The van der Waals surface area contributed by atoms with Crippen molar-refractivity contribution in [2.24, 2.45) is 0 Å². The molecule has 3 aliphatic rings. The number of rotatable bonds is 4. The molecule has 0 spiro atoms. The first-order valence-electron chi connectivity index (χ1n) is 9.38. The minimum absolute atomic E-state index is 0.0664. The molecule has 1 fully saturated rings. The van der Waals surface area contributed by atoms with Gasteiger partial charge in [-0.05, 0) is 43.9 Å². The Balaban J connectivity index is 1.18. The first-order chi connectivity index (χ1) is 13.3. The fourth-order valence-corrected chi connectivity index (χ4v) is 4.81. The lowest BCUT2D eigenvalue weighted by Gasteiger charge is -2.31. The van der Waals surface area contributed by atoms with E-state index < -0.39 is 0 Å². The Bertz CT molecular complexity index is 1010. The van der Waals surface area contributed by atoms with Crippen molar-refractivity contribution in [3.63, 3.8) is 0 Å². The molecule has 138 valence electrons. The number of hydrogen-bond donors (Lipinski definition) is 1. The van der Waals surface area contributed by atoms with Gasteiger partial charge in [0.05, 0.1) is 12.1 Å². The highest BCUT2D eigenvalue weighted by Gasteiger charge is 2.25. The second-order valence-electron chi connectivity index (χ2n) is 7.21. The monoisotopic (exact) mass is 379 g/mol. The second-order valence-corrected chi connectivity index (χ2v) is 8.09. The van der Waals surface area contributed by atoms with Gasteiger partial charge in [0.1, 0.15) is 5.82 Å². The van der Waals surface area contributed by atoms with E-state index in [0.29, 0.717) is 12.5 Å². The summed E-state index contributed by atoms with van der Waals surface area (Å²) in [4.78, 5) is 22.3. The zero-order valence-corrected chi connectivity index (χ0v) is 15.7. The number of nitrogens with zero attached hydrogens (tertiary/aromatic N) is 4. The minimum atomic E-state index is 0.0664. The summed E-state index contributed by atoms with van der Waals surface area (Å²) in [6.07, 6.45) is 12.4. The van der Waals surface area contributed by atoms with Crippen molar-refractivity contribution >= 4 is 22.2 Å². The van der Waals surface area contributed by atoms with Gasteiger partial charge in [0.15, 0.2) is 4.96 Å². The van der Waals surface area contributed by atoms with Crippen LogP contribution in [-0.2, 0) is 11.2 Å². The Morgan fingerprint density at radius 3 is 2.96 bits per heavy atom. The predicted molar refractivity (Wildman–Crippen MR) is 105 cm³/mol. The van der Waals surface area contributed by atoms with Crippen LogP contribution in [0.3, 0.4) is 0 Å². The molecule has 0 saturated heterocycles. The normalized spacial score (nSPS) is 20.3. The summed E-state index contributed by atoms with van der Waals surface area (Å²) >= 11 is 1.58. The molecule has 0 bridgehead atoms. The molecule has 1 N–H and O–H groups in total. The van der Waals surface area contributed by atoms with Gasteiger partial charge in [0.25, 0.3) is 0 Å². The summed E-state index contributed by atoms with van der Waals surface area (Å²) in [6, 6.07) is 6.96. The Labute approximate surface area is 161 Å². The molecule has 5 rings (SSSR count). The number of thiazole rings is 1.